The van der Waals surface area contributed by atoms with Crippen molar-refractivity contribution in [1.82, 2.24) is 4.98 Å². The van der Waals surface area contributed by atoms with Gasteiger partial charge in [0.15, 0.2) is 0 Å². The van der Waals surface area contributed by atoms with Crippen LogP contribution in [-0.4, -0.2) is 4.98 Å². The molecule has 3 rings (SSSR count). The van der Waals surface area contributed by atoms with Crippen molar-refractivity contribution in [3.63, 3.8) is 0 Å². The molecular formula is C15H18N2. The summed E-state index contributed by atoms with van der Waals surface area (Å²) in [6.45, 7) is 2.07. The van der Waals surface area contributed by atoms with E-state index in [4.69, 9.17) is 0 Å². The Morgan fingerprint density at radius 3 is 2.94 bits per heavy atom. The van der Waals surface area contributed by atoms with E-state index in [0.29, 0.717) is 5.92 Å². The van der Waals surface area contributed by atoms with Gasteiger partial charge in [0.2, 0.25) is 0 Å². The number of fused-ring (bicyclic) bond motifs is 2. The lowest BCUT2D eigenvalue weighted by atomic mass is 9.70. The lowest BCUT2D eigenvalue weighted by Gasteiger charge is -2.31. The van der Waals surface area contributed by atoms with Crippen LogP contribution >= 0.6 is 0 Å². The normalized spacial score (nSPS) is 34.8. The molecule has 0 aromatic carbocycles. The second-order valence-electron chi connectivity index (χ2n) is 5.90. The van der Waals surface area contributed by atoms with Gasteiger partial charge in [-0.15, -0.1) is 0 Å². The number of nitrogens with zero attached hydrogens (tertiary/aromatic N) is 2. The summed E-state index contributed by atoms with van der Waals surface area (Å²) in [5, 5.41) is 9.60. The van der Waals surface area contributed by atoms with Gasteiger partial charge < -0.3 is 0 Å². The summed E-state index contributed by atoms with van der Waals surface area (Å²) in [4.78, 5) is 4.24. The zero-order valence-corrected chi connectivity index (χ0v) is 10.3. The van der Waals surface area contributed by atoms with Crippen LogP contribution < -0.4 is 0 Å². The van der Waals surface area contributed by atoms with Crippen molar-refractivity contribution < 1.29 is 0 Å². The fourth-order valence-electron chi connectivity index (χ4n) is 3.92. The summed E-state index contributed by atoms with van der Waals surface area (Å²) in [5.41, 5.74) is 2.34. The van der Waals surface area contributed by atoms with Gasteiger partial charge in [-0.05, 0) is 55.6 Å². The van der Waals surface area contributed by atoms with E-state index in [2.05, 4.69) is 24.0 Å². The Labute approximate surface area is 103 Å². The Morgan fingerprint density at radius 2 is 2.35 bits per heavy atom. The van der Waals surface area contributed by atoms with Crippen LogP contribution in [0.15, 0.2) is 18.5 Å². The maximum absolute atomic E-state index is 9.60. The topological polar surface area (TPSA) is 36.7 Å². The minimum Gasteiger partial charge on any atom is -0.264 e. The Balaban J connectivity index is 1.86. The summed E-state index contributed by atoms with van der Waals surface area (Å²) in [5.74, 6) is 1.45. The summed E-state index contributed by atoms with van der Waals surface area (Å²) in [6, 6.07) is 4.83. The molecule has 2 heteroatoms. The third kappa shape index (κ3) is 1.74. The monoisotopic (exact) mass is 226 g/mol. The molecule has 3 unspecified atom stereocenters. The van der Waals surface area contributed by atoms with Gasteiger partial charge in [-0.1, -0.05) is 12.5 Å². The van der Waals surface area contributed by atoms with E-state index in [-0.39, 0.29) is 5.41 Å². The smallest absolute Gasteiger partial charge is 0.0696 e. The van der Waals surface area contributed by atoms with E-state index in [0.717, 1.165) is 18.8 Å². The van der Waals surface area contributed by atoms with Crippen LogP contribution in [-0.2, 0) is 6.42 Å². The first-order valence-corrected chi connectivity index (χ1v) is 6.54. The second-order valence-corrected chi connectivity index (χ2v) is 5.90. The average molecular weight is 226 g/mol. The summed E-state index contributed by atoms with van der Waals surface area (Å²) in [6.07, 6.45) is 9.72. The van der Waals surface area contributed by atoms with Crippen molar-refractivity contribution in [2.75, 3.05) is 0 Å². The molecule has 0 spiro atoms. The van der Waals surface area contributed by atoms with E-state index in [1.165, 1.54) is 30.4 Å². The van der Waals surface area contributed by atoms with Gasteiger partial charge in [0, 0.05) is 12.4 Å². The Bertz CT molecular complexity index is 474. The van der Waals surface area contributed by atoms with Gasteiger partial charge in [0.25, 0.3) is 0 Å². The van der Waals surface area contributed by atoms with Gasteiger partial charge in [-0.3, -0.25) is 4.98 Å². The van der Waals surface area contributed by atoms with Crippen LogP contribution in [0.4, 0.5) is 0 Å². The van der Waals surface area contributed by atoms with Crippen LogP contribution in [0.25, 0.3) is 0 Å². The molecule has 2 aliphatic carbocycles. The molecule has 2 bridgehead atoms. The van der Waals surface area contributed by atoms with E-state index in [1.807, 2.05) is 12.4 Å². The standard InChI is InChI=1S/C15H18N2/c1-11-4-13(9-17-8-11)7-15(10-16)6-12-2-3-14(15)5-12/h4,8-9,12,14H,2-3,5-7H2,1H3. The van der Waals surface area contributed by atoms with Crippen LogP contribution in [0.1, 0.15) is 36.8 Å². The van der Waals surface area contributed by atoms with E-state index < -0.39 is 0 Å². The molecule has 0 saturated heterocycles. The third-order valence-electron chi connectivity index (χ3n) is 4.65. The predicted molar refractivity (Wildman–Crippen MR) is 66.2 cm³/mol. The van der Waals surface area contributed by atoms with Crippen molar-refractivity contribution >= 4 is 0 Å². The Morgan fingerprint density at radius 1 is 1.47 bits per heavy atom. The molecule has 3 atom stereocenters. The predicted octanol–water partition coefficient (Wildman–Crippen LogP) is 3.26. The van der Waals surface area contributed by atoms with Crippen molar-refractivity contribution in [2.24, 2.45) is 17.3 Å². The number of aryl methyl sites for hydroxylation is 1. The zero-order chi connectivity index (χ0) is 11.9. The maximum Gasteiger partial charge on any atom is 0.0696 e. The van der Waals surface area contributed by atoms with Crippen LogP contribution in [0.3, 0.4) is 0 Å². The zero-order valence-electron chi connectivity index (χ0n) is 10.3. The van der Waals surface area contributed by atoms with Crippen LogP contribution in [0, 0.1) is 35.5 Å². The van der Waals surface area contributed by atoms with Crippen LogP contribution in [0.5, 0.6) is 0 Å². The van der Waals surface area contributed by atoms with Gasteiger partial charge in [-0.2, -0.15) is 5.26 Å². The van der Waals surface area contributed by atoms with Crippen LogP contribution in [0.2, 0.25) is 0 Å². The molecule has 1 aromatic heterocycles. The number of pyridine rings is 1. The van der Waals surface area contributed by atoms with Gasteiger partial charge in [-0.25, -0.2) is 0 Å². The molecule has 88 valence electrons. The number of rotatable bonds is 2. The maximum atomic E-state index is 9.60. The molecule has 0 aliphatic heterocycles. The lowest BCUT2D eigenvalue weighted by Crippen LogP contribution is -2.28. The fraction of sp³-hybridized carbons (Fsp3) is 0.600. The molecule has 1 aromatic rings. The summed E-state index contributed by atoms with van der Waals surface area (Å²) < 4.78 is 0. The average Bonchev–Trinajstić information content (AvgIpc) is 2.89. The van der Waals surface area contributed by atoms with E-state index >= 15 is 0 Å². The molecule has 2 fully saturated rings. The van der Waals surface area contributed by atoms with Crippen molar-refractivity contribution in [3.05, 3.63) is 29.6 Å². The largest absolute Gasteiger partial charge is 0.264 e. The van der Waals surface area contributed by atoms with Crippen molar-refractivity contribution in [2.45, 2.75) is 39.0 Å². The fourth-order valence-corrected chi connectivity index (χ4v) is 3.92. The van der Waals surface area contributed by atoms with Gasteiger partial charge >= 0.3 is 0 Å². The molecule has 0 N–H and O–H groups in total. The van der Waals surface area contributed by atoms with Gasteiger partial charge in [0.1, 0.15) is 0 Å². The first kappa shape index (κ1) is 10.8. The lowest BCUT2D eigenvalue weighted by molar-refractivity contribution is 0.239. The molecule has 0 amide bonds. The number of hydrogen-bond acceptors (Lipinski definition) is 2. The quantitative estimate of drug-likeness (QED) is 0.776. The third-order valence-corrected chi connectivity index (χ3v) is 4.65. The molecule has 2 saturated carbocycles. The first-order chi connectivity index (χ1) is 8.22. The Hall–Kier alpha value is -1.36. The molecular weight excluding hydrogens is 208 g/mol. The minimum atomic E-state index is -0.0849. The number of hydrogen-bond donors (Lipinski definition) is 0. The highest BCUT2D eigenvalue weighted by Crippen LogP contribution is 2.56. The van der Waals surface area contributed by atoms with E-state index in [1.54, 1.807) is 0 Å². The molecule has 2 aliphatic rings. The summed E-state index contributed by atoms with van der Waals surface area (Å²) in [7, 11) is 0. The highest BCUT2D eigenvalue weighted by molar-refractivity contribution is 5.23. The highest BCUT2D eigenvalue weighted by Gasteiger charge is 2.51. The first-order valence-electron chi connectivity index (χ1n) is 6.54. The molecule has 2 nitrogen and oxygen atoms in total. The van der Waals surface area contributed by atoms with Crippen molar-refractivity contribution in [1.29, 1.82) is 5.26 Å². The van der Waals surface area contributed by atoms with E-state index in [9.17, 15) is 5.26 Å². The van der Waals surface area contributed by atoms with Crippen molar-refractivity contribution in [3.8, 4) is 6.07 Å². The number of nitriles is 1. The minimum absolute atomic E-state index is 0.0849. The van der Waals surface area contributed by atoms with Gasteiger partial charge in [0.05, 0.1) is 11.5 Å². The number of aromatic nitrogens is 1. The molecule has 0 radical (unpaired) electrons. The highest BCUT2D eigenvalue weighted by atomic mass is 14.6. The Kier molecular flexibility index (Phi) is 2.43. The molecule has 1 heterocycles. The molecule has 17 heavy (non-hydrogen) atoms. The summed E-state index contributed by atoms with van der Waals surface area (Å²) >= 11 is 0. The SMILES string of the molecule is Cc1cncc(CC2(C#N)CC3CCC2C3)c1. The second kappa shape index (κ2) is 3.84.